The second kappa shape index (κ2) is 10.7. The molecule has 1 atom stereocenters. The molecule has 0 saturated carbocycles. The number of hydrogen-bond donors (Lipinski definition) is 2. The molecular formula is C19H23FN2O5S. The van der Waals surface area contributed by atoms with Crippen LogP contribution in [0.4, 0.5) is 9.18 Å². The molecule has 1 aliphatic rings. The number of esters is 2. The van der Waals surface area contributed by atoms with Crippen molar-refractivity contribution in [1.82, 2.24) is 10.6 Å². The first-order chi connectivity index (χ1) is 13.4. The Hall–Kier alpha value is -2.55. The Kier molecular flexibility index (Phi) is 8.31. The molecule has 7 nitrogen and oxygen atoms in total. The lowest BCUT2D eigenvalue weighted by molar-refractivity contribution is -0.143. The van der Waals surface area contributed by atoms with E-state index in [1.807, 2.05) is 6.92 Å². The van der Waals surface area contributed by atoms with Crippen LogP contribution in [0.2, 0.25) is 0 Å². The van der Waals surface area contributed by atoms with Crippen molar-refractivity contribution < 1.29 is 28.2 Å². The molecule has 0 saturated heterocycles. The number of hydrogen-bond acceptors (Lipinski definition) is 6. The van der Waals surface area contributed by atoms with Crippen molar-refractivity contribution in [2.24, 2.45) is 0 Å². The van der Waals surface area contributed by atoms with Gasteiger partial charge < -0.3 is 20.1 Å². The largest absolute Gasteiger partial charge is 0.463 e. The summed E-state index contributed by atoms with van der Waals surface area (Å²) in [6.45, 7) is 3.48. The van der Waals surface area contributed by atoms with Gasteiger partial charge in [0.1, 0.15) is 12.4 Å². The normalized spacial score (nSPS) is 16.2. The molecule has 9 heteroatoms. The van der Waals surface area contributed by atoms with E-state index in [2.05, 4.69) is 10.6 Å². The summed E-state index contributed by atoms with van der Waals surface area (Å²) >= 11 is 1.40. The molecular weight excluding hydrogens is 387 g/mol. The fraction of sp³-hybridized carbons (Fsp3) is 0.421. The minimum absolute atomic E-state index is 0.132. The molecule has 1 heterocycles. The number of halogens is 1. The number of ether oxygens (including phenoxy) is 2. The Morgan fingerprint density at radius 2 is 1.89 bits per heavy atom. The van der Waals surface area contributed by atoms with Crippen molar-refractivity contribution in [3.63, 3.8) is 0 Å². The maximum absolute atomic E-state index is 12.9. The topological polar surface area (TPSA) is 93.7 Å². The van der Waals surface area contributed by atoms with Crippen molar-refractivity contribution in [3.8, 4) is 0 Å². The minimum Gasteiger partial charge on any atom is -0.463 e. The summed E-state index contributed by atoms with van der Waals surface area (Å²) in [6, 6.07) is 5.02. The zero-order chi connectivity index (χ0) is 20.5. The van der Waals surface area contributed by atoms with E-state index in [1.54, 1.807) is 19.1 Å². The predicted octanol–water partition coefficient (Wildman–Crippen LogP) is 2.76. The molecule has 1 aromatic rings. The Bertz CT molecular complexity index is 751. The number of urea groups is 1. The first kappa shape index (κ1) is 21.7. The van der Waals surface area contributed by atoms with Crippen LogP contribution in [-0.2, 0) is 19.1 Å². The van der Waals surface area contributed by atoms with Gasteiger partial charge in [0, 0.05) is 10.6 Å². The highest BCUT2D eigenvalue weighted by Gasteiger charge is 2.31. The van der Waals surface area contributed by atoms with Gasteiger partial charge in [0.25, 0.3) is 0 Å². The average molecular weight is 410 g/mol. The standard InChI is InChI=1S/C19H23FN2O5S/c1-3-14-17(18(24)26-4-2)15(22-19(25)21-14)11-27-16(23)9-10-28-13-7-5-12(20)6-8-13/h5-8,14H,3-4,9-11H2,1-2H3,(H2,21,22,25)/t14-/m1/s1. The molecule has 28 heavy (non-hydrogen) atoms. The Morgan fingerprint density at radius 1 is 1.18 bits per heavy atom. The van der Waals surface area contributed by atoms with E-state index in [9.17, 15) is 18.8 Å². The molecule has 152 valence electrons. The van der Waals surface area contributed by atoms with Crippen LogP contribution in [-0.4, -0.2) is 43.0 Å². The third-order valence-corrected chi connectivity index (χ3v) is 4.93. The average Bonchev–Trinajstić information content (AvgIpc) is 2.67. The molecule has 1 aliphatic heterocycles. The molecule has 1 aromatic carbocycles. The third-order valence-electron chi connectivity index (χ3n) is 3.91. The van der Waals surface area contributed by atoms with Gasteiger partial charge in [-0.2, -0.15) is 0 Å². The van der Waals surface area contributed by atoms with E-state index in [4.69, 9.17) is 9.47 Å². The smallest absolute Gasteiger partial charge is 0.338 e. The Labute approximate surface area is 167 Å². The highest BCUT2D eigenvalue weighted by Crippen LogP contribution is 2.20. The van der Waals surface area contributed by atoms with E-state index in [0.29, 0.717) is 12.2 Å². The second-order valence-electron chi connectivity index (χ2n) is 5.89. The van der Waals surface area contributed by atoms with Crippen LogP contribution in [0.5, 0.6) is 0 Å². The lowest BCUT2D eigenvalue weighted by Crippen LogP contribution is -2.51. The maximum Gasteiger partial charge on any atom is 0.338 e. The number of benzene rings is 1. The van der Waals surface area contributed by atoms with E-state index >= 15 is 0 Å². The predicted molar refractivity (Wildman–Crippen MR) is 102 cm³/mol. The summed E-state index contributed by atoms with van der Waals surface area (Å²) in [7, 11) is 0. The van der Waals surface area contributed by atoms with Crippen LogP contribution in [0, 0.1) is 5.82 Å². The van der Waals surface area contributed by atoms with Crippen LogP contribution in [0.25, 0.3) is 0 Å². The summed E-state index contributed by atoms with van der Waals surface area (Å²) in [5.41, 5.74) is 0.492. The van der Waals surface area contributed by atoms with Gasteiger partial charge >= 0.3 is 18.0 Å². The molecule has 0 aliphatic carbocycles. The fourth-order valence-electron chi connectivity index (χ4n) is 2.58. The number of carbonyl (C=O) groups is 3. The van der Waals surface area contributed by atoms with Gasteiger partial charge in [-0.1, -0.05) is 6.92 Å². The van der Waals surface area contributed by atoms with Crippen LogP contribution in [0.1, 0.15) is 26.7 Å². The van der Waals surface area contributed by atoms with Crippen LogP contribution >= 0.6 is 11.8 Å². The van der Waals surface area contributed by atoms with E-state index in [0.717, 1.165) is 4.90 Å². The molecule has 2 rings (SSSR count). The van der Waals surface area contributed by atoms with Gasteiger partial charge in [-0.3, -0.25) is 4.79 Å². The molecule has 0 radical (unpaired) electrons. The summed E-state index contributed by atoms with van der Waals surface area (Å²) in [6.07, 6.45) is 0.626. The molecule has 0 unspecified atom stereocenters. The second-order valence-corrected chi connectivity index (χ2v) is 7.05. The maximum atomic E-state index is 12.9. The van der Waals surface area contributed by atoms with Crippen molar-refractivity contribution in [1.29, 1.82) is 0 Å². The summed E-state index contributed by atoms with van der Waals surface area (Å²) in [5.74, 6) is -0.880. The van der Waals surface area contributed by atoms with Gasteiger partial charge in [-0.25, -0.2) is 14.0 Å². The third kappa shape index (κ3) is 6.26. The monoisotopic (exact) mass is 410 g/mol. The van der Waals surface area contributed by atoms with Gasteiger partial charge in [-0.05, 0) is 37.6 Å². The van der Waals surface area contributed by atoms with Crippen molar-refractivity contribution in [3.05, 3.63) is 41.4 Å². The van der Waals surface area contributed by atoms with Crippen LogP contribution in [0.3, 0.4) is 0 Å². The highest BCUT2D eigenvalue weighted by atomic mass is 32.2. The molecule has 0 spiro atoms. The van der Waals surface area contributed by atoms with E-state index in [-0.39, 0.29) is 36.7 Å². The van der Waals surface area contributed by atoms with Crippen LogP contribution < -0.4 is 10.6 Å². The quantitative estimate of drug-likeness (QED) is 0.480. The lowest BCUT2D eigenvalue weighted by Gasteiger charge is -2.28. The molecule has 2 N–H and O–H groups in total. The summed E-state index contributed by atoms with van der Waals surface area (Å²) in [5, 5.41) is 5.17. The molecule has 2 amide bonds. The van der Waals surface area contributed by atoms with Crippen molar-refractivity contribution in [2.75, 3.05) is 19.0 Å². The van der Waals surface area contributed by atoms with Gasteiger partial charge in [-0.15, -0.1) is 11.8 Å². The van der Waals surface area contributed by atoms with Gasteiger partial charge in [0.05, 0.1) is 30.3 Å². The van der Waals surface area contributed by atoms with Gasteiger partial charge in [0.2, 0.25) is 0 Å². The lowest BCUT2D eigenvalue weighted by atomic mass is 10.0. The molecule has 0 bridgehead atoms. The summed E-state index contributed by atoms with van der Waals surface area (Å²) in [4.78, 5) is 36.9. The first-order valence-electron chi connectivity index (χ1n) is 8.96. The van der Waals surface area contributed by atoms with E-state index in [1.165, 1.54) is 23.9 Å². The van der Waals surface area contributed by atoms with Gasteiger partial charge in [0.15, 0.2) is 0 Å². The van der Waals surface area contributed by atoms with Crippen LogP contribution in [0.15, 0.2) is 40.4 Å². The number of nitrogens with one attached hydrogen (secondary N) is 2. The fourth-order valence-corrected chi connectivity index (χ4v) is 3.42. The van der Waals surface area contributed by atoms with Crippen molar-refractivity contribution in [2.45, 2.75) is 37.6 Å². The summed E-state index contributed by atoms with van der Waals surface area (Å²) < 4.78 is 23.1. The molecule has 0 aromatic heterocycles. The number of carbonyl (C=O) groups excluding carboxylic acids is 3. The highest BCUT2D eigenvalue weighted by molar-refractivity contribution is 7.99. The number of rotatable bonds is 9. The zero-order valence-corrected chi connectivity index (χ0v) is 16.6. The first-order valence-corrected chi connectivity index (χ1v) is 9.94. The zero-order valence-electron chi connectivity index (χ0n) is 15.7. The Balaban J connectivity index is 1.92. The number of amides is 2. The van der Waals surface area contributed by atoms with Crippen molar-refractivity contribution >= 4 is 29.7 Å². The minimum atomic E-state index is -0.556. The number of thioether (sulfide) groups is 1. The Morgan fingerprint density at radius 3 is 2.54 bits per heavy atom. The van der Waals surface area contributed by atoms with E-state index < -0.39 is 24.0 Å². The molecule has 0 fully saturated rings. The SMILES string of the molecule is CCOC(=O)C1=C(COC(=O)CCSc2ccc(F)cc2)NC(=O)N[C@@H]1CC.